The molecule has 1 aliphatic rings. The number of anilines is 2. The van der Waals surface area contributed by atoms with Gasteiger partial charge in [-0.25, -0.2) is 4.68 Å². The number of allylic oxidation sites excluding steroid dienone is 1. The van der Waals surface area contributed by atoms with Crippen LogP contribution in [-0.4, -0.2) is 41.5 Å². The molecular formula is C22H21F2N5O4. The Bertz CT molecular complexity index is 1210. The Morgan fingerprint density at radius 3 is 2.61 bits per heavy atom. The molecule has 0 saturated heterocycles. The van der Waals surface area contributed by atoms with Crippen LogP contribution >= 0.6 is 0 Å². The van der Waals surface area contributed by atoms with E-state index >= 15 is 0 Å². The van der Waals surface area contributed by atoms with Crippen LogP contribution in [0.25, 0.3) is 0 Å². The molecule has 1 atom stereocenters. The van der Waals surface area contributed by atoms with Gasteiger partial charge < -0.3 is 24.8 Å². The molecule has 1 aromatic heterocycles. The Balaban J connectivity index is 1.77. The molecule has 0 saturated carbocycles. The lowest BCUT2D eigenvalue weighted by Gasteiger charge is -2.29. The van der Waals surface area contributed by atoms with Gasteiger partial charge in [-0.1, -0.05) is 18.2 Å². The Kier molecular flexibility index (Phi) is 6.11. The summed E-state index contributed by atoms with van der Waals surface area (Å²) in [6.07, 6.45) is 1.36. The molecule has 0 spiro atoms. The number of nitrogens with zero attached hydrogens (tertiary/aromatic N) is 3. The van der Waals surface area contributed by atoms with Crippen LogP contribution in [0.5, 0.6) is 17.2 Å². The molecule has 0 radical (unpaired) electrons. The molecule has 33 heavy (non-hydrogen) atoms. The molecule has 4 rings (SSSR count). The van der Waals surface area contributed by atoms with Gasteiger partial charge in [-0.3, -0.25) is 4.79 Å². The molecule has 2 N–H and O–H groups in total. The highest BCUT2D eigenvalue weighted by Crippen LogP contribution is 2.39. The van der Waals surface area contributed by atoms with Crippen molar-refractivity contribution in [3.63, 3.8) is 0 Å². The highest BCUT2D eigenvalue weighted by Gasteiger charge is 2.34. The number of carbonyl (C=O) groups excluding carboxylic acids is 1. The molecule has 0 fully saturated rings. The Morgan fingerprint density at radius 2 is 1.88 bits per heavy atom. The predicted octanol–water partition coefficient (Wildman–Crippen LogP) is 3.82. The summed E-state index contributed by atoms with van der Waals surface area (Å²) in [6.45, 7) is -1.26. The minimum absolute atomic E-state index is 0.0927. The van der Waals surface area contributed by atoms with Gasteiger partial charge in [0.15, 0.2) is 11.5 Å². The molecular weight excluding hydrogens is 436 g/mol. The van der Waals surface area contributed by atoms with E-state index in [2.05, 4.69) is 25.5 Å². The summed E-state index contributed by atoms with van der Waals surface area (Å²) in [4.78, 5) is 17.6. The summed E-state index contributed by atoms with van der Waals surface area (Å²) in [5, 5.41) is 10.2. The number of benzene rings is 2. The topological polar surface area (TPSA) is 99.5 Å². The summed E-state index contributed by atoms with van der Waals surface area (Å²) < 4.78 is 42.1. The zero-order valence-corrected chi connectivity index (χ0v) is 18.0. The minimum Gasteiger partial charge on any atom is -0.495 e. The Hall–Kier alpha value is -4.15. The summed E-state index contributed by atoms with van der Waals surface area (Å²) in [5.74, 6) is 0.502. The van der Waals surface area contributed by atoms with E-state index in [0.29, 0.717) is 34.2 Å². The smallest absolute Gasteiger partial charge is 0.387 e. The second kappa shape index (κ2) is 9.15. The van der Waals surface area contributed by atoms with E-state index in [1.807, 2.05) is 0 Å². The molecule has 3 aromatic rings. The number of halogens is 2. The largest absolute Gasteiger partial charge is 0.495 e. The third-order valence-electron chi connectivity index (χ3n) is 5.11. The average Bonchev–Trinajstić information content (AvgIpc) is 3.26. The first-order chi connectivity index (χ1) is 15.9. The van der Waals surface area contributed by atoms with E-state index in [0.717, 1.165) is 0 Å². The van der Waals surface area contributed by atoms with Crippen LogP contribution in [0.1, 0.15) is 18.5 Å². The van der Waals surface area contributed by atoms with Gasteiger partial charge in [-0.15, -0.1) is 0 Å². The number of ether oxygens (including phenoxy) is 3. The molecule has 9 nitrogen and oxygen atoms in total. The van der Waals surface area contributed by atoms with Crippen molar-refractivity contribution in [1.29, 1.82) is 0 Å². The standard InChI is InChI=1S/C22H21F2N5O4/c1-12-18(20(30)28-14-6-4-5-7-15(14)31-2)19(29-22(27-12)25-11-26-29)13-8-9-16(33-21(23)24)17(10-13)32-3/h4-11,19,21H,1-3H3,(H,28,30)(H,25,26,27)/t19-/m0/s1. The van der Waals surface area contributed by atoms with Gasteiger partial charge in [0.05, 0.1) is 25.5 Å². The number of hydrogen-bond donors (Lipinski definition) is 2. The van der Waals surface area contributed by atoms with Crippen LogP contribution in [0.2, 0.25) is 0 Å². The maximum Gasteiger partial charge on any atom is 0.387 e. The van der Waals surface area contributed by atoms with Crippen molar-refractivity contribution in [2.24, 2.45) is 0 Å². The van der Waals surface area contributed by atoms with E-state index < -0.39 is 18.6 Å². The van der Waals surface area contributed by atoms with Crippen LogP contribution in [0.15, 0.2) is 60.1 Å². The number of hydrogen-bond acceptors (Lipinski definition) is 7. The molecule has 0 unspecified atom stereocenters. The van der Waals surface area contributed by atoms with Gasteiger partial charge in [0.25, 0.3) is 5.91 Å². The van der Waals surface area contributed by atoms with Crippen molar-refractivity contribution >= 4 is 17.5 Å². The van der Waals surface area contributed by atoms with Gasteiger partial charge in [0.1, 0.15) is 18.1 Å². The van der Waals surface area contributed by atoms with Gasteiger partial charge in [-0.05, 0) is 36.8 Å². The summed E-state index contributed by atoms with van der Waals surface area (Å²) in [7, 11) is 2.86. The normalized spacial score (nSPS) is 15.0. The first-order valence-electron chi connectivity index (χ1n) is 9.87. The number of rotatable bonds is 7. The van der Waals surface area contributed by atoms with E-state index in [4.69, 9.17) is 9.47 Å². The SMILES string of the molecule is COc1ccccc1NC(=O)C1=C(C)Nc2ncnn2[C@H]1c1ccc(OC(F)F)c(OC)c1. The number of para-hydroxylation sites is 2. The monoisotopic (exact) mass is 457 g/mol. The highest BCUT2D eigenvalue weighted by molar-refractivity contribution is 6.06. The van der Waals surface area contributed by atoms with Crippen LogP contribution in [0, 0.1) is 0 Å². The quantitative estimate of drug-likeness (QED) is 0.556. The third kappa shape index (κ3) is 4.29. The molecule has 0 aliphatic carbocycles. The van der Waals surface area contributed by atoms with Gasteiger partial charge in [0, 0.05) is 5.70 Å². The van der Waals surface area contributed by atoms with Crippen LogP contribution in [-0.2, 0) is 4.79 Å². The number of carbonyl (C=O) groups is 1. The van der Waals surface area contributed by atoms with Crippen LogP contribution in [0.3, 0.4) is 0 Å². The molecule has 1 aliphatic heterocycles. The van der Waals surface area contributed by atoms with Crippen molar-refractivity contribution in [3.8, 4) is 17.2 Å². The van der Waals surface area contributed by atoms with E-state index in [1.165, 1.54) is 37.4 Å². The van der Waals surface area contributed by atoms with E-state index in [-0.39, 0.29) is 11.5 Å². The fourth-order valence-corrected chi connectivity index (χ4v) is 3.68. The van der Waals surface area contributed by atoms with E-state index in [1.54, 1.807) is 37.3 Å². The summed E-state index contributed by atoms with van der Waals surface area (Å²) in [5.41, 5.74) is 1.96. The fourth-order valence-electron chi connectivity index (χ4n) is 3.68. The third-order valence-corrected chi connectivity index (χ3v) is 5.11. The number of nitrogens with one attached hydrogen (secondary N) is 2. The summed E-state index contributed by atoms with van der Waals surface area (Å²) in [6, 6.07) is 10.8. The molecule has 1 amide bonds. The zero-order chi connectivity index (χ0) is 23.5. The maximum absolute atomic E-state index is 13.4. The van der Waals surface area contributed by atoms with Crippen molar-refractivity contribution < 1.29 is 27.8 Å². The number of fused-ring (bicyclic) bond motifs is 1. The molecule has 172 valence electrons. The number of amides is 1. The summed E-state index contributed by atoms with van der Waals surface area (Å²) >= 11 is 0. The fraction of sp³-hybridized carbons (Fsp3) is 0.227. The first kappa shape index (κ1) is 22.1. The van der Waals surface area contributed by atoms with Crippen molar-refractivity contribution in [2.75, 3.05) is 24.9 Å². The Morgan fingerprint density at radius 1 is 1.12 bits per heavy atom. The zero-order valence-electron chi connectivity index (χ0n) is 18.0. The van der Waals surface area contributed by atoms with Crippen LogP contribution < -0.4 is 24.8 Å². The Labute approximate surface area is 188 Å². The molecule has 2 heterocycles. The van der Waals surface area contributed by atoms with Crippen molar-refractivity contribution in [1.82, 2.24) is 14.8 Å². The number of alkyl halides is 2. The lowest BCUT2D eigenvalue weighted by atomic mass is 9.94. The van der Waals surface area contributed by atoms with E-state index in [9.17, 15) is 13.6 Å². The van der Waals surface area contributed by atoms with Crippen molar-refractivity contribution in [3.05, 3.63) is 65.6 Å². The molecule has 0 bridgehead atoms. The first-order valence-corrected chi connectivity index (χ1v) is 9.87. The molecule has 11 heteroatoms. The lowest BCUT2D eigenvalue weighted by Crippen LogP contribution is -2.31. The van der Waals surface area contributed by atoms with Crippen LogP contribution in [0.4, 0.5) is 20.4 Å². The second-order valence-corrected chi connectivity index (χ2v) is 7.04. The van der Waals surface area contributed by atoms with Gasteiger partial charge in [0.2, 0.25) is 5.95 Å². The minimum atomic E-state index is -3.00. The second-order valence-electron chi connectivity index (χ2n) is 7.04. The maximum atomic E-state index is 13.4. The highest BCUT2D eigenvalue weighted by atomic mass is 19.3. The number of aromatic nitrogens is 3. The number of methoxy groups -OCH3 is 2. The van der Waals surface area contributed by atoms with Gasteiger partial charge >= 0.3 is 6.61 Å². The lowest BCUT2D eigenvalue weighted by molar-refractivity contribution is -0.113. The predicted molar refractivity (Wildman–Crippen MR) is 116 cm³/mol. The molecule has 2 aromatic carbocycles. The van der Waals surface area contributed by atoms with Crippen molar-refractivity contribution in [2.45, 2.75) is 19.6 Å². The average molecular weight is 457 g/mol. The van der Waals surface area contributed by atoms with Gasteiger partial charge in [-0.2, -0.15) is 18.9 Å².